The Balaban J connectivity index is 1.31. The Morgan fingerprint density at radius 1 is 0.745 bits per heavy atom. The lowest BCUT2D eigenvalue weighted by molar-refractivity contribution is -0.156. The number of hydrogen-bond acceptors (Lipinski definition) is 17. The molecule has 94 heavy (non-hydrogen) atoms. The van der Waals surface area contributed by atoms with E-state index in [1.165, 1.54) is 62.5 Å². The number of aromatic hydroxyl groups is 1. The van der Waals surface area contributed by atoms with Gasteiger partial charge in [0, 0.05) is 80.2 Å². The van der Waals surface area contributed by atoms with Crippen molar-refractivity contribution in [2.75, 3.05) is 26.3 Å². The molecule has 2 fully saturated rings. The normalized spacial score (nSPS) is 16.8. The average molecular weight is 1310 g/mol. The number of aliphatic hydroxyl groups excluding tert-OH is 2. The lowest BCUT2D eigenvalue weighted by Crippen LogP contribution is -2.66. The number of aromatic nitrogens is 3. The van der Waals surface area contributed by atoms with Gasteiger partial charge in [0.1, 0.15) is 60.1 Å². The topological polar surface area (TPSA) is 506 Å². The van der Waals surface area contributed by atoms with Crippen LogP contribution in [-0.4, -0.2) is 208 Å². The Kier molecular flexibility index (Phi) is 25.9. The second-order valence-electron chi connectivity index (χ2n) is 24.4. The Morgan fingerprint density at radius 3 is 1.99 bits per heavy atom. The van der Waals surface area contributed by atoms with Gasteiger partial charge in [-0.15, -0.1) is 0 Å². The van der Waals surface area contributed by atoms with E-state index >= 15 is 14.4 Å². The highest BCUT2D eigenvalue weighted by molar-refractivity contribution is 6.05. The average Bonchev–Trinajstić information content (AvgIpc) is 0.815. The molecule has 0 radical (unpaired) electrons. The maximum Gasteiger partial charge on any atom is 0.330 e. The number of para-hydroxylation sites is 1. The first kappa shape index (κ1) is 72.9. The van der Waals surface area contributed by atoms with Gasteiger partial charge in [-0.2, -0.15) is 0 Å². The highest BCUT2D eigenvalue weighted by Gasteiger charge is 2.45. The van der Waals surface area contributed by atoms with Crippen LogP contribution in [0, 0.1) is 5.92 Å². The molecule has 0 aliphatic carbocycles. The molecule has 4 heterocycles. The van der Waals surface area contributed by atoms with Crippen LogP contribution in [-0.2, 0) is 72.0 Å². The fourth-order valence-corrected chi connectivity index (χ4v) is 11.3. The number of H-pyrrole nitrogens is 2. The number of carbonyl (C=O) groups is 12. The number of primary amides is 1. The largest absolute Gasteiger partial charge is 0.508 e. The summed E-state index contributed by atoms with van der Waals surface area (Å²) in [4.78, 5) is 185. The SMILES string of the molecule is CC(=O)N(C(=O)[C@H](Cc1c[nH]c2ccccc12)NC(=O)[C@H](Cc1cnc[nH]1)NC(=O)[C@@H]1CCC(=O)N1)[C@@H](CO)C(=O)N[C@@H](Cc1ccc(O)cc1)C(=O)N([C@@H](CO)C(=O)N[C@@H](CC(C)C)C(=O)N[C@@H](CCCN=C(N)N)C(=O)N1CCC[C@H]1C(=O)NNC(N)=O)C(C)(C)C. The van der Waals surface area contributed by atoms with Crippen molar-refractivity contribution < 1.29 is 72.9 Å². The van der Waals surface area contributed by atoms with Gasteiger partial charge in [-0.25, -0.2) is 15.2 Å². The van der Waals surface area contributed by atoms with Crippen molar-refractivity contribution in [1.82, 2.24) is 72.4 Å². The molecule has 2 aromatic heterocycles. The van der Waals surface area contributed by atoms with Gasteiger partial charge in [0.25, 0.3) is 11.8 Å². The third kappa shape index (κ3) is 19.9. The minimum atomic E-state index is -2.14. The summed E-state index contributed by atoms with van der Waals surface area (Å²) in [5, 5.41) is 49.0. The molecule has 0 bridgehead atoms. The van der Waals surface area contributed by atoms with Crippen LogP contribution in [0.2, 0.25) is 0 Å². The van der Waals surface area contributed by atoms with Gasteiger partial charge < -0.3 is 84.2 Å². The molecular weight excluding hydrogens is 1220 g/mol. The molecule has 9 atom stereocenters. The van der Waals surface area contributed by atoms with Crippen LogP contribution >= 0.6 is 0 Å². The molecule has 4 aromatic rings. The summed E-state index contributed by atoms with van der Waals surface area (Å²) in [6, 6.07) is -2.42. The number of aliphatic imine (C=N–C) groups is 1. The predicted octanol–water partition coefficient (Wildman–Crippen LogP) is -3.16. The zero-order valence-corrected chi connectivity index (χ0v) is 53.2. The number of amides is 13. The number of nitrogens with two attached hydrogens (primary N) is 3. The Morgan fingerprint density at radius 2 is 1.38 bits per heavy atom. The minimum Gasteiger partial charge on any atom is -0.508 e. The number of imide groups is 1. The summed E-state index contributed by atoms with van der Waals surface area (Å²) >= 11 is 0. The fourth-order valence-electron chi connectivity index (χ4n) is 11.3. The number of hydrazine groups is 1. The van der Waals surface area contributed by atoms with Gasteiger partial charge in [-0.05, 0) is 94.5 Å². The highest BCUT2D eigenvalue weighted by atomic mass is 16.3. The molecule has 6 rings (SSSR count). The molecule has 33 heteroatoms. The maximum atomic E-state index is 15.5. The first-order valence-electron chi connectivity index (χ1n) is 30.7. The van der Waals surface area contributed by atoms with Crippen molar-refractivity contribution in [2.24, 2.45) is 28.1 Å². The van der Waals surface area contributed by atoms with Crippen molar-refractivity contribution in [1.29, 1.82) is 0 Å². The number of benzene rings is 2. The minimum absolute atomic E-state index is 0.0348. The third-order valence-electron chi connectivity index (χ3n) is 15.8. The second-order valence-corrected chi connectivity index (χ2v) is 24.4. The number of nitrogens with zero attached hydrogens (tertiary/aromatic N) is 5. The van der Waals surface area contributed by atoms with Crippen LogP contribution in [0.1, 0.15) is 103 Å². The van der Waals surface area contributed by atoms with Gasteiger partial charge in [0.05, 0.1) is 19.5 Å². The Hall–Kier alpha value is -10.2. The number of rotatable bonds is 30. The van der Waals surface area contributed by atoms with Gasteiger partial charge in [0.15, 0.2) is 5.96 Å². The summed E-state index contributed by atoms with van der Waals surface area (Å²) in [5.74, 6) is -10.8. The highest BCUT2D eigenvalue weighted by Crippen LogP contribution is 2.25. The van der Waals surface area contributed by atoms with E-state index in [0.29, 0.717) is 39.0 Å². The number of likely N-dealkylation sites (tertiary alicyclic amines) is 1. The molecule has 0 spiro atoms. The standard InChI is InChI=1S/C61H86N18O15/c1-32(2)23-42(51(86)70-41(13-9-21-66-59(62)63)56(91)77-22-10-14-46(77)55(90)75-76-60(64)94)72-54(89)48(30-81)79(61(4,5)6)58(93)44(24-34-15-17-37(83)18-16-34)74-53(88)47(29-80)78(33(3)82)57(92)45(25-35-27-67-39-12-8-7-11-38(35)39)73-52(87)43(26-36-28-65-31-68-36)71-50(85)40-19-20-49(84)69-40/h7-8,11-12,15-18,27-28,31-32,40-48,67,80-81,83H,9-10,13-14,19-26,29-30H2,1-6H3,(H,65,68)(H,69,84)(H,70,86)(H,71,85)(H,72,89)(H,73,87)(H,74,88)(H,75,90)(H4,62,63,66)(H3,64,76,94)/t40-,41-,42-,43-,44-,45-,46-,47-,48-/m0/s1. The number of urea groups is 1. The van der Waals surface area contributed by atoms with Crippen LogP contribution in [0.15, 0.2) is 72.2 Å². The molecule has 2 aromatic carbocycles. The van der Waals surface area contributed by atoms with Crippen molar-refractivity contribution >= 4 is 87.9 Å². The zero-order chi connectivity index (χ0) is 69.1. The summed E-state index contributed by atoms with van der Waals surface area (Å²) in [6.07, 6.45) is 4.15. The number of phenolic OH excluding ortho intramolecular Hbond substituents is 1. The van der Waals surface area contributed by atoms with E-state index in [2.05, 4.69) is 57.3 Å². The number of guanidine groups is 1. The lowest BCUT2D eigenvalue weighted by atomic mass is 9.96. The summed E-state index contributed by atoms with van der Waals surface area (Å²) in [6.45, 7) is 6.73. The van der Waals surface area contributed by atoms with Gasteiger partial charge in [-0.3, -0.25) is 68.1 Å². The number of nitrogens with one attached hydrogen (secondary N) is 10. The fraction of sp³-hybridized carbons (Fsp3) is 0.508. The van der Waals surface area contributed by atoms with Gasteiger partial charge in [-0.1, -0.05) is 44.2 Å². The number of phenols is 1. The van der Waals surface area contributed by atoms with Gasteiger partial charge in [0.2, 0.25) is 53.2 Å². The number of hydrogen-bond donors (Lipinski definition) is 16. The number of imidazole rings is 1. The lowest BCUT2D eigenvalue weighted by Gasteiger charge is -2.43. The van der Waals surface area contributed by atoms with Crippen LogP contribution in [0.4, 0.5) is 4.79 Å². The maximum absolute atomic E-state index is 15.5. The monoisotopic (exact) mass is 1310 g/mol. The molecule has 19 N–H and O–H groups in total. The predicted molar refractivity (Wildman–Crippen MR) is 338 cm³/mol. The quantitative estimate of drug-likeness (QED) is 0.0106. The van der Waals surface area contributed by atoms with E-state index in [0.717, 1.165) is 11.8 Å². The molecular formula is C61H86N18O15. The van der Waals surface area contributed by atoms with Crippen molar-refractivity contribution in [3.8, 4) is 5.75 Å². The van der Waals surface area contributed by atoms with Crippen LogP contribution in [0.3, 0.4) is 0 Å². The van der Waals surface area contributed by atoms with Crippen molar-refractivity contribution in [2.45, 2.75) is 166 Å². The number of aromatic amines is 2. The number of fused-ring (bicyclic) bond motifs is 1. The van der Waals surface area contributed by atoms with E-state index < -0.39 is 145 Å². The number of carbonyl (C=O) groups excluding carboxylic acids is 12. The molecule has 33 nitrogen and oxygen atoms in total. The van der Waals surface area contributed by atoms with E-state index in [4.69, 9.17) is 17.2 Å². The van der Waals surface area contributed by atoms with Crippen molar-refractivity contribution in [3.63, 3.8) is 0 Å². The molecule has 510 valence electrons. The summed E-state index contributed by atoms with van der Waals surface area (Å²) in [5.41, 5.74) is 20.7. The third-order valence-corrected chi connectivity index (χ3v) is 15.8. The zero-order valence-electron chi connectivity index (χ0n) is 53.2. The molecule has 2 aliphatic heterocycles. The van der Waals surface area contributed by atoms with E-state index in [-0.39, 0.29) is 88.0 Å². The van der Waals surface area contributed by atoms with E-state index in [1.54, 1.807) is 44.3 Å². The Labute approximate surface area is 541 Å². The first-order chi connectivity index (χ1) is 44.5. The molecule has 13 amide bonds. The molecule has 0 saturated carbocycles. The number of aliphatic hydroxyl groups is 2. The first-order valence-corrected chi connectivity index (χ1v) is 30.7. The smallest absolute Gasteiger partial charge is 0.330 e. The van der Waals surface area contributed by atoms with Crippen molar-refractivity contribution in [3.05, 3.63) is 84.1 Å². The Bertz CT molecular complexity index is 3400. The molecule has 2 saturated heterocycles. The molecule has 2 aliphatic rings. The van der Waals surface area contributed by atoms with Gasteiger partial charge >= 0.3 is 6.03 Å². The summed E-state index contributed by atoms with van der Waals surface area (Å²) < 4.78 is 0. The van der Waals surface area contributed by atoms with E-state index in [1.807, 2.05) is 5.43 Å². The summed E-state index contributed by atoms with van der Waals surface area (Å²) in [7, 11) is 0. The van der Waals surface area contributed by atoms with Crippen LogP contribution in [0.25, 0.3) is 10.9 Å². The van der Waals surface area contributed by atoms with Crippen LogP contribution in [0.5, 0.6) is 5.75 Å². The van der Waals surface area contributed by atoms with Crippen LogP contribution < -0.4 is 60.0 Å². The van der Waals surface area contributed by atoms with E-state index in [9.17, 15) is 58.5 Å². The molecule has 0 unspecified atom stereocenters. The second kappa shape index (κ2) is 33.4.